The summed E-state index contributed by atoms with van der Waals surface area (Å²) in [6.07, 6.45) is 1.34. The topological polar surface area (TPSA) is 138 Å². The first-order valence-corrected chi connectivity index (χ1v) is 12.3. The summed E-state index contributed by atoms with van der Waals surface area (Å²) >= 11 is 0. The predicted octanol–water partition coefficient (Wildman–Crippen LogP) is 2.85. The van der Waals surface area contributed by atoms with Crippen molar-refractivity contribution in [2.45, 2.75) is 77.3 Å². The molecule has 2 aromatic rings. The van der Waals surface area contributed by atoms with Gasteiger partial charge in [0.15, 0.2) is 6.23 Å². The number of fused-ring (bicyclic) bond motifs is 3. The number of aromatic nitrogens is 1. The number of hydrogen-bond acceptors (Lipinski definition) is 7. The first-order valence-electron chi connectivity index (χ1n) is 12.3. The largest absolute Gasteiger partial charge is 0.480 e. The zero-order valence-electron chi connectivity index (χ0n) is 20.8. The summed E-state index contributed by atoms with van der Waals surface area (Å²) in [6, 6.07) is 5.38. The Bertz CT molecular complexity index is 1150. The van der Waals surface area contributed by atoms with E-state index in [1.807, 2.05) is 24.3 Å². The maximum absolute atomic E-state index is 13.6. The molecule has 1 fully saturated rings. The highest BCUT2D eigenvalue weighted by atomic mass is 16.5. The number of aryl methyl sites for hydroxylation is 1. The smallest absolute Gasteiger partial charge is 0.407 e. The van der Waals surface area contributed by atoms with Crippen molar-refractivity contribution >= 4 is 28.7 Å². The van der Waals surface area contributed by atoms with E-state index in [1.54, 1.807) is 27.0 Å². The number of aliphatic carboxylic acids is 1. The highest BCUT2D eigenvalue weighted by Gasteiger charge is 2.51. The number of carboxylic acid groups (broad SMARTS) is 1. The number of cyclic esters (lactones) is 1. The molecule has 2 aliphatic rings. The van der Waals surface area contributed by atoms with Crippen molar-refractivity contribution in [1.29, 1.82) is 0 Å². The van der Waals surface area contributed by atoms with Crippen LogP contribution in [0.2, 0.25) is 0 Å². The van der Waals surface area contributed by atoms with Crippen molar-refractivity contribution in [3.8, 4) is 5.88 Å². The van der Waals surface area contributed by atoms with Crippen LogP contribution in [-0.4, -0.2) is 69.1 Å². The van der Waals surface area contributed by atoms with Gasteiger partial charge in [0.2, 0.25) is 11.8 Å². The number of nitrogens with one attached hydrogen (secondary N) is 1. The number of rotatable bonds is 1. The van der Waals surface area contributed by atoms with E-state index in [1.165, 1.54) is 0 Å². The minimum Gasteiger partial charge on any atom is -0.480 e. The standard InChI is InChI=1S/C26H33N3O7/c1-26(2,3)20-23(31)29-18(24(32)33)14-19(22(29)30)36-21-17-13-15(8-9-16(17)10-11-27-21)7-5-4-6-12-35-25(34)28-20/h8-11,13,18-20,22,30H,4-7,12,14H2,1-3H3,(H,28,34)(H,32,33)/t18-,19-,20+,22+/m0/s1. The Morgan fingerprint density at radius 2 is 1.94 bits per heavy atom. The number of nitrogens with zero attached hydrogens (tertiary/aromatic N) is 2. The Kier molecular flexibility index (Phi) is 7.35. The molecule has 1 aromatic carbocycles. The van der Waals surface area contributed by atoms with Crippen LogP contribution in [0.5, 0.6) is 5.88 Å². The van der Waals surface area contributed by atoms with Gasteiger partial charge in [0.1, 0.15) is 18.2 Å². The fraction of sp³-hybridized carbons (Fsp3) is 0.538. The Morgan fingerprint density at radius 1 is 1.17 bits per heavy atom. The van der Waals surface area contributed by atoms with Crippen LogP contribution in [0.4, 0.5) is 4.79 Å². The number of amides is 2. The van der Waals surface area contributed by atoms with Gasteiger partial charge in [0.05, 0.1) is 6.61 Å². The van der Waals surface area contributed by atoms with Gasteiger partial charge >= 0.3 is 12.1 Å². The van der Waals surface area contributed by atoms with E-state index >= 15 is 0 Å². The monoisotopic (exact) mass is 499 g/mol. The van der Waals surface area contributed by atoms with Gasteiger partial charge in [-0.3, -0.25) is 9.69 Å². The number of carbonyl (C=O) groups excluding carboxylic acids is 2. The van der Waals surface area contributed by atoms with E-state index in [-0.39, 0.29) is 18.9 Å². The van der Waals surface area contributed by atoms with E-state index in [4.69, 9.17) is 9.47 Å². The molecule has 4 atom stereocenters. The lowest BCUT2D eigenvalue weighted by Crippen LogP contribution is -2.59. The molecule has 194 valence electrons. The Morgan fingerprint density at radius 3 is 2.67 bits per heavy atom. The lowest BCUT2D eigenvalue weighted by Gasteiger charge is -2.36. The number of benzene rings is 1. The molecule has 4 rings (SSSR count). The average molecular weight is 500 g/mol. The van der Waals surface area contributed by atoms with E-state index in [2.05, 4.69) is 10.3 Å². The van der Waals surface area contributed by atoms with Crippen LogP contribution in [0.25, 0.3) is 10.8 Å². The highest BCUT2D eigenvalue weighted by molar-refractivity contribution is 5.91. The van der Waals surface area contributed by atoms with Gasteiger partial charge in [-0.1, -0.05) is 32.9 Å². The normalized spacial score (nSPS) is 26.1. The van der Waals surface area contributed by atoms with Crippen LogP contribution < -0.4 is 10.1 Å². The van der Waals surface area contributed by atoms with Crippen LogP contribution in [0.1, 0.15) is 52.0 Å². The van der Waals surface area contributed by atoms with Crippen molar-refractivity contribution in [2.24, 2.45) is 5.41 Å². The molecule has 0 unspecified atom stereocenters. The molecule has 36 heavy (non-hydrogen) atoms. The highest BCUT2D eigenvalue weighted by Crippen LogP contribution is 2.33. The van der Waals surface area contributed by atoms with E-state index in [0.29, 0.717) is 6.42 Å². The summed E-state index contributed by atoms with van der Waals surface area (Å²) in [6.45, 7) is 5.42. The van der Waals surface area contributed by atoms with Crippen LogP contribution in [0, 0.1) is 5.41 Å². The van der Waals surface area contributed by atoms with Gasteiger partial charge in [-0.25, -0.2) is 14.6 Å². The maximum Gasteiger partial charge on any atom is 0.407 e. The lowest BCUT2D eigenvalue weighted by atomic mass is 9.85. The van der Waals surface area contributed by atoms with Crippen molar-refractivity contribution < 1.29 is 34.1 Å². The first kappa shape index (κ1) is 25.7. The molecule has 1 saturated heterocycles. The third-order valence-corrected chi connectivity index (χ3v) is 6.72. The summed E-state index contributed by atoms with van der Waals surface area (Å²) in [5, 5.41) is 25.2. The number of hydrogen-bond donors (Lipinski definition) is 3. The van der Waals surface area contributed by atoms with Crippen molar-refractivity contribution in [2.75, 3.05) is 6.61 Å². The molecule has 3 heterocycles. The van der Waals surface area contributed by atoms with Crippen molar-refractivity contribution in [3.05, 3.63) is 36.0 Å². The second kappa shape index (κ2) is 10.3. The third-order valence-electron chi connectivity index (χ3n) is 6.72. The van der Waals surface area contributed by atoms with Crippen LogP contribution in [-0.2, 0) is 20.7 Å². The molecule has 10 heteroatoms. The second-order valence-electron chi connectivity index (χ2n) is 10.5. The fourth-order valence-electron chi connectivity index (χ4n) is 4.74. The minimum absolute atomic E-state index is 0.138. The average Bonchev–Trinajstić information content (AvgIpc) is 3.14. The molecular formula is C26H33N3O7. The molecule has 2 aliphatic heterocycles. The molecule has 2 amide bonds. The summed E-state index contributed by atoms with van der Waals surface area (Å²) in [5.41, 5.74) is 0.298. The number of aliphatic hydroxyl groups excluding tert-OH is 1. The molecule has 3 N–H and O–H groups in total. The number of carbonyl (C=O) groups is 3. The van der Waals surface area contributed by atoms with Gasteiger partial charge in [-0.2, -0.15) is 0 Å². The van der Waals surface area contributed by atoms with Gasteiger partial charge < -0.3 is 25.0 Å². The van der Waals surface area contributed by atoms with Gasteiger partial charge in [0.25, 0.3) is 0 Å². The molecule has 0 radical (unpaired) electrons. The molecule has 10 nitrogen and oxygen atoms in total. The predicted molar refractivity (Wildman–Crippen MR) is 130 cm³/mol. The first-order chi connectivity index (χ1) is 17.1. The van der Waals surface area contributed by atoms with E-state index in [0.717, 1.165) is 40.5 Å². The lowest BCUT2D eigenvalue weighted by molar-refractivity contribution is -0.158. The van der Waals surface area contributed by atoms with Crippen molar-refractivity contribution in [1.82, 2.24) is 15.2 Å². The van der Waals surface area contributed by atoms with Gasteiger partial charge in [-0.15, -0.1) is 0 Å². The summed E-state index contributed by atoms with van der Waals surface area (Å²) in [4.78, 5) is 43.4. The molecule has 4 bridgehead atoms. The number of ether oxygens (including phenoxy) is 2. The van der Waals surface area contributed by atoms with Gasteiger partial charge in [-0.05, 0) is 54.2 Å². The van der Waals surface area contributed by atoms with Crippen LogP contribution in [0.15, 0.2) is 30.5 Å². The SMILES string of the molecule is CC(C)(C)[C@@H]1NC(=O)OCCCCCc2ccc3ccnc(c3c2)O[C@H]2C[C@@H](C(=O)O)N(C1=O)[C@@H]2O. The number of carboxylic acids is 1. The second-order valence-corrected chi connectivity index (χ2v) is 10.5. The quantitative estimate of drug-likeness (QED) is 0.545. The number of alkyl carbamates (subject to hydrolysis) is 1. The molecule has 0 saturated carbocycles. The minimum atomic E-state index is -1.56. The van der Waals surface area contributed by atoms with Crippen LogP contribution >= 0.6 is 0 Å². The molecule has 0 spiro atoms. The Labute approximate surface area is 209 Å². The third kappa shape index (κ3) is 5.38. The summed E-state index contributed by atoms with van der Waals surface area (Å²) in [5.74, 6) is -1.73. The summed E-state index contributed by atoms with van der Waals surface area (Å²) < 4.78 is 11.4. The fourth-order valence-corrected chi connectivity index (χ4v) is 4.74. The Hall–Kier alpha value is -3.40. The maximum atomic E-state index is 13.6. The van der Waals surface area contributed by atoms with E-state index in [9.17, 15) is 24.6 Å². The number of pyridine rings is 1. The van der Waals surface area contributed by atoms with Gasteiger partial charge in [0, 0.05) is 18.0 Å². The van der Waals surface area contributed by atoms with Crippen LogP contribution in [0.3, 0.4) is 0 Å². The zero-order chi connectivity index (χ0) is 26.0. The van der Waals surface area contributed by atoms with Crippen molar-refractivity contribution in [3.63, 3.8) is 0 Å². The molecule has 1 aromatic heterocycles. The molecule has 0 aliphatic carbocycles. The van der Waals surface area contributed by atoms with E-state index < -0.39 is 47.8 Å². The summed E-state index contributed by atoms with van der Waals surface area (Å²) in [7, 11) is 0. The Balaban J connectivity index is 1.73. The molecular weight excluding hydrogens is 466 g/mol. The number of aliphatic hydroxyl groups is 1. The zero-order valence-corrected chi connectivity index (χ0v) is 20.8.